The predicted molar refractivity (Wildman–Crippen MR) is 106 cm³/mol. The SMILES string of the molecule is C[C@@H](Oc1cc(C2CCN(C(=O)O)CC2)cnc1N)c1c(Cl)ccc(F)c1Cl. The monoisotopic (exact) mass is 427 g/mol. The van der Waals surface area contributed by atoms with Crippen LogP contribution in [0.25, 0.3) is 0 Å². The molecule has 0 aliphatic carbocycles. The fraction of sp³-hybridized carbons (Fsp3) is 0.368. The highest BCUT2D eigenvalue weighted by Crippen LogP contribution is 2.37. The second-order valence-electron chi connectivity index (χ2n) is 6.71. The van der Waals surface area contributed by atoms with Gasteiger partial charge in [-0.15, -0.1) is 0 Å². The van der Waals surface area contributed by atoms with E-state index in [0.29, 0.717) is 42.3 Å². The van der Waals surface area contributed by atoms with Gasteiger partial charge in [0.1, 0.15) is 11.9 Å². The number of halogens is 3. The molecule has 1 aliphatic heterocycles. The van der Waals surface area contributed by atoms with Crippen molar-refractivity contribution in [3.63, 3.8) is 0 Å². The predicted octanol–water partition coefficient (Wildman–Crippen LogP) is 5.11. The number of anilines is 1. The van der Waals surface area contributed by atoms with E-state index in [2.05, 4.69) is 4.98 Å². The van der Waals surface area contributed by atoms with Crippen molar-refractivity contribution in [2.24, 2.45) is 0 Å². The number of carbonyl (C=O) groups is 1. The number of carboxylic acid groups (broad SMARTS) is 1. The second kappa shape index (κ2) is 8.41. The lowest BCUT2D eigenvalue weighted by Gasteiger charge is -2.30. The van der Waals surface area contributed by atoms with Gasteiger partial charge in [-0.1, -0.05) is 23.2 Å². The molecule has 0 saturated carbocycles. The van der Waals surface area contributed by atoms with Gasteiger partial charge in [-0.3, -0.25) is 0 Å². The lowest BCUT2D eigenvalue weighted by atomic mass is 9.90. The zero-order chi connectivity index (χ0) is 20.4. The largest absolute Gasteiger partial charge is 0.482 e. The van der Waals surface area contributed by atoms with Crippen LogP contribution in [-0.2, 0) is 0 Å². The fourth-order valence-corrected chi connectivity index (χ4v) is 4.03. The summed E-state index contributed by atoms with van der Waals surface area (Å²) in [6.45, 7) is 2.63. The van der Waals surface area contributed by atoms with Gasteiger partial charge in [0.25, 0.3) is 0 Å². The van der Waals surface area contributed by atoms with E-state index in [0.717, 1.165) is 5.56 Å². The number of nitrogens with two attached hydrogens (primary N) is 1. The number of aromatic nitrogens is 1. The third-order valence-electron chi connectivity index (χ3n) is 4.93. The Morgan fingerprint density at radius 2 is 2.07 bits per heavy atom. The van der Waals surface area contributed by atoms with Gasteiger partial charge in [0.15, 0.2) is 11.6 Å². The number of nitrogen functional groups attached to an aromatic ring is 1. The van der Waals surface area contributed by atoms with Crippen molar-refractivity contribution in [2.45, 2.75) is 31.8 Å². The van der Waals surface area contributed by atoms with Crippen LogP contribution in [0.3, 0.4) is 0 Å². The molecule has 1 fully saturated rings. The van der Waals surface area contributed by atoms with Crippen molar-refractivity contribution in [3.8, 4) is 5.75 Å². The molecule has 2 heterocycles. The Bertz CT molecular complexity index is 889. The Morgan fingerprint density at radius 3 is 2.71 bits per heavy atom. The highest BCUT2D eigenvalue weighted by Gasteiger charge is 2.25. The molecule has 0 unspecified atom stereocenters. The van der Waals surface area contributed by atoms with E-state index < -0.39 is 18.0 Å². The first-order valence-corrected chi connectivity index (χ1v) is 9.56. The Labute approximate surface area is 172 Å². The fourth-order valence-electron chi connectivity index (χ4n) is 3.36. The van der Waals surface area contributed by atoms with Crippen LogP contribution in [0, 0.1) is 5.82 Å². The summed E-state index contributed by atoms with van der Waals surface area (Å²) < 4.78 is 19.7. The van der Waals surface area contributed by atoms with Gasteiger partial charge in [-0.25, -0.2) is 14.2 Å². The Morgan fingerprint density at radius 1 is 1.39 bits per heavy atom. The standard InChI is InChI=1S/C19H20Cl2FN3O3/c1-10(16-13(20)2-3-14(22)17(16)21)28-15-8-12(9-24-18(15)23)11-4-6-25(7-5-11)19(26)27/h2-3,8-11H,4-7H2,1H3,(H2,23,24)(H,26,27)/t10-/m1/s1. The molecule has 28 heavy (non-hydrogen) atoms. The van der Waals surface area contributed by atoms with Crippen LogP contribution in [0.2, 0.25) is 10.0 Å². The number of amides is 1. The number of rotatable bonds is 4. The first-order chi connectivity index (χ1) is 13.3. The number of hydrogen-bond acceptors (Lipinski definition) is 4. The zero-order valence-electron chi connectivity index (χ0n) is 15.2. The number of likely N-dealkylation sites (tertiary alicyclic amines) is 1. The van der Waals surface area contributed by atoms with Crippen LogP contribution in [0.5, 0.6) is 5.75 Å². The maximum atomic E-state index is 13.8. The van der Waals surface area contributed by atoms with E-state index in [1.807, 2.05) is 0 Å². The summed E-state index contributed by atoms with van der Waals surface area (Å²) in [5.74, 6) is 0.119. The summed E-state index contributed by atoms with van der Waals surface area (Å²) in [6.07, 6.45) is 1.50. The van der Waals surface area contributed by atoms with Crippen LogP contribution >= 0.6 is 23.2 Å². The van der Waals surface area contributed by atoms with Crippen molar-refractivity contribution in [1.29, 1.82) is 0 Å². The van der Waals surface area contributed by atoms with Gasteiger partial charge in [0.2, 0.25) is 0 Å². The molecule has 1 amide bonds. The van der Waals surface area contributed by atoms with Crippen molar-refractivity contribution < 1.29 is 19.0 Å². The molecular formula is C19H20Cl2FN3O3. The molecule has 1 saturated heterocycles. The normalized spacial score (nSPS) is 16.1. The van der Waals surface area contributed by atoms with E-state index in [4.69, 9.17) is 38.8 Å². The molecule has 2 aromatic rings. The van der Waals surface area contributed by atoms with Gasteiger partial charge >= 0.3 is 6.09 Å². The summed E-state index contributed by atoms with van der Waals surface area (Å²) in [5.41, 5.74) is 7.20. The average molecular weight is 428 g/mol. The molecule has 1 aliphatic rings. The molecule has 9 heteroatoms. The number of benzene rings is 1. The molecule has 0 bridgehead atoms. The number of piperidine rings is 1. The minimum absolute atomic E-state index is 0.0938. The van der Waals surface area contributed by atoms with Gasteiger partial charge in [0, 0.05) is 29.9 Å². The van der Waals surface area contributed by atoms with Crippen molar-refractivity contribution >= 4 is 35.1 Å². The average Bonchev–Trinajstić information content (AvgIpc) is 2.67. The molecule has 0 radical (unpaired) electrons. The first-order valence-electron chi connectivity index (χ1n) is 8.81. The van der Waals surface area contributed by atoms with Crippen LogP contribution in [0.1, 0.15) is 42.9 Å². The molecule has 3 N–H and O–H groups in total. The smallest absolute Gasteiger partial charge is 0.407 e. The van der Waals surface area contributed by atoms with Crippen molar-refractivity contribution in [2.75, 3.05) is 18.8 Å². The highest BCUT2D eigenvalue weighted by atomic mass is 35.5. The van der Waals surface area contributed by atoms with E-state index >= 15 is 0 Å². The topological polar surface area (TPSA) is 88.7 Å². The lowest BCUT2D eigenvalue weighted by molar-refractivity contribution is 0.132. The van der Waals surface area contributed by atoms with E-state index in [1.165, 1.54) is 17.0 Å². The first kappa shape index (κ1) is 20.5. The minimum atomic E-state index is -0.907. The molecular weight excluding hydrogens is 408 g/mol. The molecule has 1 aromatic carbocycles. The number of nitrogens with zero attached hydrogens (tertiary/aromatic N) is 2. The number of hydrogen-bond donors (Lipinski definition) is 2. The van der Waals surface area contributed by atoms with E-state index in [9.17, 15) is 9.18 Å². The van der Waals surface area contributed by atoms with Crippen molar-refractivity contribution in [1.82, 2.24) is 9.88 Å². The second-order valence-corrected chi connectivity index (χ2v) is 7.50. The van der Waals surface area contributed by atoms with Gasteiger partial charge < -0.3 is 20.5 Å². The molecule has 1 atom stereocenters. The highest BCUT2D eigenvalue weighted by molar-refractivity contribution is 6.36. The Balaban J connectivity index is 1.79. The third kappa shape index (κ3) is 4.25. The summed E-state index contributed by atoms with van der Waals surface area (Å²) >= 11 is 12.2. The molecule has 0 spiro atoms. The van der Waals surface area contributed by atoms with Crippen LogP contribution in [0.15, 0.2) is 24.4 Å². The zero-order valence-corrected chi connectivity index (χ0v) is 16.7. The molecule has 1 aromatic heterocycles. The van der Waals surface area contributed by atoms with Crippen LogP contribution in [0.4, 0.5) is 15.0 Å². The molecule has 150 valence electrons. The van der Waals surface area contributed by atoms with Gasteiger partial charge in [-0.2, -0.15) is 0 Å². The third-order valence-corrected chi connectivity index (χ3v) is 5.64. The number of pyridine rings is 1. The molecule has 3 rings (SSSR count). The Kier molecular flexibility index (Phi) is 6.15. The quantitative estimate of drug-likeness (QED) is 0.661. The van der Waals surface area contributed by atoms with Crippen molar-refractivity contribution in [3.05, 3.63) is 51.4 Å². The van der Waals surface area contributed by atoms with E-state index in [-0.39, 0.29) is 16.8 Å². The maximum absolute atomic E-state index is 13.8. The molecule has 6 nitrogen and oxygen atoms in total. The van der Waals surface area contributed by atoms with Crippen LogP contribution < -0.4 is 10.5 Å². The number of ether oxygens (including phenoxy) is 1. The minimum Gasteiger partial charge on any atom is -0.482 e. The lowest BCUT2D eigenvalue weighted by Crippen LogP contribution is -2.36. The van der Waals surface area contributed by atoms with Gasteiger partial charge in [-0.05, 0) is 49.4 Å². The summed E-state index contributed by atoms with van der Waals surface area (Å²) in [5, 5.41) is 9.28. The van der Waals surface area contributed by atoms with E-state index in [1.54, 1.807) is 19.2 Å². The van der Waals surface area contributed by atoms with Crippen LogP contribution in [-0.4, -0.2) is 34.2 Å². The summed E-state index contributed by atoms with van der Waals surface area (Å²) in [6, 6.07) is 4.41. The Hall–Kier alpha value is -2.25. The van der Waals surface area contributed by atoms with Gasteiger partial charge in [0.05, 0.1) is 5.02 Å². The maximum Gasteiger partial charge on any atom is 0.407 e. The summed E-state index contributed by atoms with van der Waals surface area (Å²) in [4.78, 5) is 16.7. The summed E-state index contributed by atoms with van der Waals surface area (Å²) in [7, 11) is 0.